The molecule has 1 N–H and O–H groups in total. The zero-order valence-corrected chi connectivity index (χ0v) is 22.2. The van der Waals surface area contributed by atoms with Gasteiger partial charge in [0.2, 0.25) is 0 Å². The Kier molecular flexibility index (Phi) is 7.66. The van der Waals surface area contributed by atoms with E-state index in [2.05, 4.69) is 0 Å². The maximum Gasteiger partial charge on any atom is 0.300 e. The maximum absolute atomic E-state index is 13.5. The fourth-order valence-corrected chi connectivity index (χ4v) is 5.15. The number of amides is 1. The molecule has 4 rings (SSSR count). The van der Waals surface area contributed by atoms with Gasteiger partial charge in [-0.15, -0.1) is 0 Å². The van der Waals surface area contributed by atoms with Gasteiger partial charge in [0.05, 0.1) is 43.0 Å². The van der Waals surface area contributed by atoms with Crippen LogP contribution in [0.4, 0.5) is 5.69 Å². The third kappa shape index (κ3) is 4.61. The van der Waals surface area contributed by atoms with Crippen molar-refractivity contribution in [2.24, 2.45) is 0 Å². The van der Waals surface area contributed by atoms with E-state index in [1.807, 2.05) is 26.0 Å². The van der Waals surface area contributed by atoms with E-state index in [1.54, 1.807) is 36.4 Å². The highest BCUT2D eigenvalue weighted by molar-refractivity contribution is 6.52. The number of rotatable bonds is 7. The van der Waals surface area contributed by atoms with Crippen molar-refractivity contribution in [2.45, 2.75) is 19.9 Å². The highest BCUT2D eigenvalue weighted by Gasteiger charge is 2.47. The lowest BCUT2D eigenvalue weighted by Crippen LogP contribution is -2.30. The van der Waals surface area contributed by atoms with Crippen LogP contribution in [0.15, 0.2) is 60.2 Å². The van der Waals surface area contributed by atoms with E-state index in [4.69, 9.17) is 37.4 Å². The van der Waals surface area contributed by atoms with Crippen LogP contribution in [0.25, 0.3) is 5.76 Å². The molecule has 1 amide bonds. The predicted octanol–water partition coefficient (Wildman–Crippen LogP) is 6.34. The number of para-hydroxylation sites is 1. The molecule has 1 atom stereocenters. The number of hydrogen-bond donors (Lipinski definition) is 1. The summed E-state index contributed by atoms with van der Waals surface area (Å²) in [6, 6.07) is 14.7. The summed E-state index contributed by atoms with van der Waals surface area (Å²) < 4.78 is 16.4. The third-order valence-corrected chi connectivity index (χ3v) is 6.72. The lowest BCUT2D eigenvalue weighted by molar-refractivity contribution is -0.132. The summed E-state index contributed by atoms with van der Waals surface area (Å²) in [5, 5.41) is 11.7. The standard InChI is InChI=1S/C28H25Cl2NO6/c1-5-37-17-11-8-10-16(13-17)23-21(25(33)28(34)31(23)20-12-7-6-9-15(20)2)24(32)18-14-19(29)27(36-4)22(30)26(18)35-3/h6-14,23,32H,5H2,1-4H3/b24-21+. The molecule has 3 aromatic carbocycles. The topological polar surface area (TPSA) is 85.3 Å². The molecule has 37 heavy (non-hydrogen) atoms. The number of aliphatic hydroxyl groups excluding tert-OH is 1. The van der Waals surface area contributed by atoms with Gasteiger partial charge in [0.1, 0.15) is 16.5 Å². The molecule has 1 aliphatic rings. The number of aryl methyl sites for hydroxylation is 1. The van der Waals surface area contributed by atoms with Crippen LogP contribution in [-0.2, 0) is 9.59 Å². The Morgan fingerprint density at radius 3 is 2.35 bits per heavy atom. The van der Waals surface area contributed by atoms with Crippen molar-refractivity contribution < 1.29 is 28.9 Å². The SMILES string of the molecule is CCOc1cccc(C2/C(=C(\O)c3cc(Cl)c(OC)c(Cl)c3OC)C(=O)C(=O)N2c2ccccc2C)c1. The molecule has 0 aliphatic carbocycles. The molecule has 0 spiro atoms. The Morgan fingerprint density at radius 1 is 1.00 bits per heavy atom. The van der Waals surface area contributed by atoms with Gasteiger partial charge in [-0.1, -0.05) is 53.5 Å². The number of nitrogens with zero attached hydrogens (tertiary/aromatic N) is 1. The second kappa shape index (κ2) is 10.7. The van der Waals surface area contributed by atoms with Crippen LogP contribution in [-0.4, -0.2) is 37.6 Å². The van der Waals surface area contributed by atoms with Crippen molar-refractivity contribution in [1.29, 1.82) is 0 Å². The first kappa shape index (κ1) is 26.4. The minimum absolute atomic E-state index is 0.0158. The Morgan fingerprint density at radius 2 is 1.70 bits per heavy atom. The Labute approximate surface area is 224 Å². The van der Waals surface area contributed by atoms with Gasteiger partial charge in [0.15, 0.2) is 11.5 Å². The van der Waals surface area contributed by atoms with Crippen molar-refractivity contribution in [2.75, 3.05) is 25.7 Å². The molecule has 192 valence electrons. The Balaban J connectivity index is 2.03. The molecule has 7 nitrogen and oxygen atoms in total. The molecule has 0 radical (unpaired) electrons. The zero-order valence-electron chi connectivity index (χ0n) is 20.7. The number of hydrogen-bond acceptors (Lipinski definition) is 6. The quantitative estimate of drug-likeness (QED) is 0.213. The largest absolute Gasteiger partial charge is 0.507 e. The zero-order chi connectivity index (χ0) is 26.9. The van der Waals surface area contributed by atoms with Crippen molar-refractivity contribution in [3.63, 3.8) is 0 Å². The molecule has 1 unspecified atom stereocenters. The molecule has 1 aliphatic heterocycles. The van der Waals surface area contributed by atoms with Crippen molar-refractivity contribution in [3.8, 4) is 17.2 Å². The molecule has 1 heterocycles. The normalized spacial score (nSPS) is 16.7. The van der Waals surface area contributed by atoms with Crippen LogP contribution in [0.3, 0.4) is 0 Å². The van der Waals surface area contributed by atoms with Crippen LogP contribution in [0, 0.1) is 6.92 Å². The van der Waals surface area contributed by atoms with Crippen LogP contribution in [0.5, 0.6) is 17.2 Å². The van der Waals surface area contributed by atoms with E-state index >= 15 is 0 Å². The van der Waals surface area contributed by atoms with Crippen molar-refractivity contribution in [3.05, 3.63) is 86.9 Å². The summed E-state index contributed by atoms with van der Waals surface area (Å²) in [6.45, 7) is 4.13. The Bertz CT molecular complexity index is 1420. The average molecular weight is 542 g/mol. The first-order valence-electron chi connectivity index (χ1n) is 11.4. The van der Waals surface area contributed by atoms with E-state index in [-0.39, 0.29) is 32.7 Å². The molecular formula is C28H25Cl2NO6. The number of benzene rings is 3. The van der Waals surface area contributed by atoms with E-state index in [0.29, 0.717) is 23.6 Å². The minimum atomic E-state index is -0.967. The van der Waals surface area contributed by atoms with Crippen LogP contribution < -0.4 is 19.1 Å². The molecule has 1 saturated heterocycles. The number of aliphatic hydroxyl groups is 1. The molecule has 0 saturated carbocycles. The second-order valence-electron chi connectivity index (χ2n) is 8.25. The van der Waals surface area contributed by atoms with E-state index < -0.39 is 23.5 Å². The van der Waals surface area contributed by atoms with Crippen LogP contribution in [0.1, 0.15) is 29.7 Å². The number of halogens is 2. The number of carbonyl (C=O) groups is 2. The summed E-state index contributed by atoms with van der Waals surface area (Å²) in [5.41, 5.74) is 1.79. The molecular weight excluding hydrogens is 517 g/mol. The number of carbonyl (C=O) groups excluding carboxylic acids is 2. The van der Waals surface area contributed by atoms with E-state index in [1.165, 1.54) is 25.2 Å². The molecule has 0 aromatic heterocycles. The molecule has 9 heteroatoms. The summed E-state index contributed by atoms with van der Waals surface area (Å²) in [6.07, 6.45) is 0. The van der Waals surface area contributed by atoms with Crippen molar-refractivity contribution >= 4 is 46.3 Å². The average Bonchev–Trinajstić information content (AvgIpc) is 3.14. The summed E-state index contributed by atoms with van der Waals surface area (Å²) in [7, 11) is 2.76. The maximum atomic E-state index is 13.5. The molecule has 3 aromatic rings. The number of Topliss-reactive ketones (excluding diaryl/α,β-unsaturated/α-hetero) is 1. The fraction of sp³-hybridized carbons (Fsp3) is 0.214. The highest BCUT2D eigenvalue weighted by atomic mass is 35.5. The fourth-order valence-electron chi connectivity index (χ4n) is 4.46. The van der Waals surface area contributed by atoms with E-state index in [9.17, 15) is 14.7 Å². The number of methoxy groups -OCH3 is 2. The third-order valence-electron chi connectivity index (χ3n) is 6.10. The Hall–Kier alpha value is -3.68. The number of ketones is 1. The smallest absolute Gasteiger partial charge is 0.300 e. The lowest BCUT2D eigenvalue weighted by Gasteiger charge is -2.27. The second-order valence-corrected chi connectivity index (χ2v) is 9.03. The van der Waals surface area contributed by atoms with Crippen LogP contribution in [0.2, 0.25) is 10.0 Å². The van der Waals surface area contributed by atoms with Crippen LogP contribution >= 0.6 is 23.2 Å². The first-order valence-corrected chi connectivity index (χ1v) is 12.2. The molecule has 0 bridgehead atoms. The predicted molar refractivity (Wildman–Crippen MR) is 143 cm³/mol. The van der Waals surface area contributed by atoms with Gasteiger partial charge in [0, 0.05) is 5.69 Å². The first-order chi connectivity index (χ1) is 17.7. The highest BCUT2D eigenvalue weighted by Crippen LogP contribution is 2.48. The van der Waals surface area contributed by atoms with Gasteiger partial charge in [-0.3, -0.25) is 14.5 Å². The van der Waals surface area contributed by atoms with Gasteiger partial charge >= 0.3 is 0 Å². The van der Waals surface area contributed by atoms with E-state index in [0.717, 1.165) is 5.56 Å². The van der Waals surface area contributed by atoms with Gasteiger partial charge in [-0.25, -0.2) is 0 Å². The lowest BCUT2D eigenvalue weighted by atomic mass is 9.94. The number of ether oxygens (including phenoxy) is 3. The summed E-state index contributed by atoms with van der Waals surface area (Å²) in [4.78, 5) is 28.4. The summed E-state index contributed by atoms with van der Waals surface area (Å²) >= 11 is 12.8. The van der Waals surface area contributed by atoms with Crippen molar-refractivity contribution in [1.82, 2.24) is 0 Å². The van der Waals surface area contributed by atoms with Gasteiger partial charge in [-0.05, 0) is 49.2 Å². The van der Waals surface area contributed by atoms with Gasteiger partial charge in [-0.2, -0.15) is 0 Å². The van der Waals surface area contributed by atoms with Gasteiger partial charge in [0.25, 0.3) is 11.7 Å². The van der Waals surface area contributed by atoms with Gasteiger partial charge < -0.3 is 19.3 Å². The minimum Gasteiger partial charge on any atom is -0.507 e. The monoisotopic (exact) mass is 541 g/mol. The summed E-state index contributed by atoms with van der Waals surface area (Å²) in [5.74, 6) is -1.37. The number of anilines is 1. The molecule has 1 fully saturated rings.